The molecule has 0 radical (unpaired) electrons. The number of carbonyl (C=O) groups is 2. The topological polar surface area (TPSA) is 73.7 Å². The van der Waals surface area contributed by atoms with Crippen molar-refractivity contribution < 1.29 is 19.1 Å². The lowest BCUT2D eigenvalue weighted by Crippen LogP contribution is -2.73. The van der Waals surface area contributed by atoms with Gasteiger partial charge < -0.3 is 14.9 Å². The van der Waals surface area contributed by atoms with Crippen LogP contribution in [0.4, 0.5) is 4.39 Å². The van der Waals surface area contributed by atoms with Crippen molar-refractivity contribution in [3.63, 3.8) is 0 Å². The van der Waals surface area contributed by atoms with Gasteiger partial charge in [0, 0.05) is 30.4 Å². The zero-order valence-corrected chi connectivity index (χ0v) is 17.3. The van der Waals surface area contributed by atoms with E-state index in [0.717, 1.165) is 16.7 Å². The molecule has 2 saturated heterocycles. The Kier molecular flexibility index (Phi) is 5.19. The van der Waals surface area contributed by atoms with E-state index in [9.17, 15) is 19.1 Å². The Bertz CT molecular complexity index is 1140. The van der Waals surface area contributed by atoms with E-state index in [4.69, 9.17) is 0 Å². The number of aliphatic hydroxyl groups excluding tert-OH is 1. The van der Waals surface area contributed by atoms with Gasteiger partial charge in [0.2, 0.25) is 5.91 Å². The highest BCUT2D eigenvalue weighted by molar-refractivity contribution is 5.97. The maximum atomic E-state index is 13.2. The fraction of sp³-hybridized carbons (Fsp3) is 0.240. The van der Waals surface area contributed by atoms with E-state index in [0.29, 0.717) is 12.1 Å². The summed E-state index contributed by atoms with van der Waals surface area (Å²) in [5.74, 6) is -0.965. The molecule has 1 aromatic heterocycles. The summed E-state index contributed by atoms with van der Waals surface area (Å²) in [6, 6.07) is 16.7. The summed E-state index contributed by atoms with van der Waals surface area (Å²) in [6.07, 6.45) is 3.53. The second-order valence-corrected chi connectivity index (χ2v) is 8.20. The zero-order chi connectivity index (χ0) is 22.2. The third-order valence-electron chi connectivity index (χ3n) is 6.42. The third-order valence-corrected chi connectivity index (χ3v) is 6.42. The van der Waals surface area contributed by atoms with Crippen LogP contribution in [0.1, 0.15) is 21.8 Å². The van der Waals surface area contributed by atoms with E-state index in [1.54, 1.807) is 17.3 Å². The lowest BCUT2D eigenvalue weighted by Gasteiger charge is -2.58. The van der Waals surface area contributed by atoms with Crippen LogP contribution in [-0.4, -0.2) is 63.5 Å². The molecule has 2 aromatic carbocycles. The minimum absolute atomic E-state index is 0.0458. The Balaban J connectivity index is 1.38. The number of carbonyl (C=O) groups excluding carboxylic acids is 2. The summed E-state index contributed by atoms with van der Waals surface area (Å²) in [4.78, 5) is 33.1. The maximum absolute atomic E-state index is 13.2. The highest BCUT2D eigenvalue weighted by Gasteiger charge is 2.54. The van der Waals surface area contributed by atoms with Gasteiger partial charge in [0.05, 0.1) is 18.7 Å². The number of nitrogens with zero attached hydrogens (tertiary/aromatic N) is 3. The maximum Gasteiger partial charge on any atom is 0.254 e. The van der Waals surface area contributed by atoms with Crippen molar-refractivity contribution in [1.29, 1.82) is 0 Å². The minimum atomic E-state index is -0.415. The Morgan fingerprint density at radius 1 is 1.06 bits per heavy atom. The van der Waals surface area contributed by atoms with Gasteiger partial charge in [-0.1, -0.05) is 30.3 Å². The number of hydrogen-bond acceptors (Lipinski definition) is 4. The number of aromatic nitrogens is 1. The largest absolute Gasteiger partial charge is 0.394 e. The Hall–Kier alpha value is -3.58. The molecule has 2 amide bonds. The SMILES string of the molecule is O=C(c1ccc(F)cc1)N1CC(=O)N2[C@H](CO)[C@H](c3ccc(-c4cccnc4)cc3)[C@H]2C1. The van der Waals surface area contributed by atoms with E-state index < -0.39 is 5.82 Å². The van der Waals surface area contributed by atoms with Gasteiger partial charge in [0.15, 0.2) is 0 Å². The van der Waals surface area contributed by atoms with E-state index in [1.165, 1.54) is 29.2 Å². The predicted octanol–water partition coefficient (Wildman–Crippen LogP) is 2.70. The first-order valence-corrected chi connectivity index (χ1v) is 10.5. The monoisotopic (exact) mass is 431 g/mol. The number of hydrogen-bond donors (Lipinski definition) is 1. The van der Waals surface area contributed by atoms with Crippen LogP contribution < -0.4 is 0 Å². The molecule has 3 atom stereocenters. The van der Waals surface area contributed by atoms with Gasteiger partial charge in [-0.3, -0.25) is 14.6 Å². The van der Waals surface area contributed by atoms with Gasteiger partial charge in [-0.2, -0.15) is 0 Å². The molecule has 2 fully saturated rings. The zero-order valence-electron chi connectivity index (χ0n) is 17.3. The fourth-order valence-corrected chi connectivity index (χ4v) is 4.86. The average Bonchev–Trinajstić information content (AvgIpc) is 2.81. The summed E-state index contributed by atoms with van der Waals surface area (Å²) in [5.41, 5.74) is 3.41. The number of halogens is 1. The van der Waals surface area contributed by atoms with Crippen molar-refractivity contribution in [1.82, 2.24) is 14.8 Å². The first-order chi connectivity index (χ1) is 15.6. The second kappa shape index (κ2) is 8.16. The molecule has 2 aliphatic rings. The van der Waals surface area contributed by atoms with Gasteiger partial charge in [0.1, 0.15) is 12.4 Å². The minimum Gasteiger partial charge on any atom is -0.394 e. The van der Waals surface area contributed by atoms with Gasteiger partial charge >= 0.3 is 0 Å². The highest BCUT2D eigenvalue weighted by atomic mass is 19.1. The molecule has 6 nitrogen and oxygen atoms in total. The number of aliphatic hydroxyl groups is 1. The number of benzene rings is 2. The van der Waals surface area contributed by atoms with Crippen LogP contribution in [0.3, 0.4) is 0 Å². The van der Waals surface area contributed by atoms with Crippen molar-refractivity contribution in [3.8, 4) is 11.1 Å². The Labute approximate surface area is 184 Å². The van der Waals surface area contributed by atoms with Crippen LogP contribution in [-0.2, 0) is 4.79 Å². The van der Waals surface area contributed by atoms with Gasteiger partial charge in [-0.05, 0) is 47.0 Å². The van der Waals surface area contributed by atoms with Crippen molar-refractivity contribution in [2.45, 2.75) is 18.0 Å². The molecule has 0 aliphatic carbocycles. The molecule has 3 heterocycles. The van der Waals surface area contributed by atoms with Crippen LogP contribution in [0.25, 0.3) is 11.1 Å². The number of rotatable bonds is 4. The summed E-state index contributed by atoms with van der Waals surface area (Å²) < 4.78 is 13.2. The van der Waals surface area contributed by atoms with Crippen LogP contribution >= 0.6 is 0 Å². The van der Waals surface area contributed by atoms with E-state index in [-0.39, 0.29) is 43.0 Å². The molecule has 0 saturated carbocycles. The Morgan fingerprint density at radius 2 is 1.81 bits per heavy atom. The van der Waals surface area contributed by atoms with Crippen molar-refractivity contribution >= 4 is 11.8 Å². The molecular weight excluding hydrogens is 409 g/mol. The smallest absolute Gasteiger partial charge is 0.254 e. The lowest BCUT2D eigenvalue weighted by atomic mass is 9.73. The summed E-state index contributed by atoms with van der Waals surface area (Å²) in [5, 5.41) is 9.97. The average molecular weight is 431 g/mol. The Morgan fingerprint density at radius 3 is 2.47 bits per heavy atom. The number of pyridine rings is 1. The van der Waals surface area contributed by atoms with E-state index in [2.05, 4.69) is 4.98 Å². The number of piperazine rings is 1. The molecule has 3 aromatic rings. The van der Waals surface area contributed by atoms with E-state index in [1.807, 2.05) is 36.4 Å². The van der Waals surface area contributed by atoms with Gasteiger partial charge in [0.25, 0.3) is 5.91 Å². The highest BCUT2D eigenvalue weighted by Crippen LogP contribution is 2.43. The van der Waals surface area contributed by atoms with Crippen molar-refractivity contribution in [2.75, 3.05) is 19.7 Å². The molecule has 32 heavy (non-hydrogen) atoms. The molecule has 5 rings (SSSR count). The third kappa shape index (κ3) is 3.44. The molecule has 0 bridgehead atoms. The van der Waals surface area contributed by atoms with Crippen LogP contribution in [0, 0.1) is 5.82 Å². The summed E-state index contributed by atoms with van der Waals surface area (Å²) in [6.45, 7) is 0.187. The number of fused-ring (bicyclic) bond motifs is 1. The van der Waals surface area contributed by atoms with Crippen LogP contribution in [0.5, 0.6) is 0 Å². The summed E-state index contributed by atoms with van der Waals surface area (Å²) >= 11 is 0. The lowest BCUT2D eigenvalue weighted by molar-refractivity contribution is -0.159. The molecule has 162 valence electrons. The van der Waals surface area contributed by atoms with E-state index >= 15 is 0 Å². The summed E-state index contributed by atoms with van der Waals surface area (Å²) in [7, 11) is 0. The molecule has 1 N–H and O–H groups in total. The normalized spacial score (nSPS) is 22.3. The standard InChI is InChI=1S/C25H22FN3O3/c26-20-9-7-18(8-10-20)25(32)28-13-21-24(22(15-30)29(21)23(31)14-28)17-5-3-16(4-6-17)19-2-1-11-27-12-19/h1-12,21-22,24,30H,13-15H2/t21-,22-,24-/m1/s1. The van der Waals surface area contributed by atoms with Crippen molar-refractivity contribution in [3.05, 3.63) is 90.0 Å². The number of amides is 2. The second-order valence-electron chi connectivity index (χ2n) is 8.20. The van der Waals surface area contributed by atoms with Crippen LogP contribution in [0.2, 0.25) is 0 Å². The fourth-order valence-electron chi connectivity index (χ4n) is 4.86. The molecule has 0 unspecified atom stereocenters. The van der Waals surface area contributed by atoms with Gasteiger partial charge in [-0.15, -0.1) is 0 Å². The molecule has 7 heteroatoms. The first-order valence-electron chi connectivity index (χ1n) is 10.5. The quantitative estimate of drug-likeness (QED) is 0.690. The first kappa shape index (κ1) is 20.3. The van der Waals surface area contributed by atoms with Gasteiger partial charge in [-0.25, -0.2) is 4.39 Å². The predicted molar refractivity (Wildman–Crippen MR) is 116 cm³/mol. The van der Waals surface area contributed by atoms with Crippen molar-refractivity contribution in [2.24, 2.45) is 0 Å². The molecule has 2 aliphatic heterocycles. The molecular formula is C25H22FN3O3. The van der Waals surface area contributed by atoms with Crippen LogP contribution in [0.15, 0.2) is 73.1 Å². The molecule has 0 spiro atoms.